The van der Waals surface area contributed by atoms with Gasteiger partial charge in [-0.1, -0.05) is 19.1 Å². The van der Waals surface area contributed by atoms with Crippen molar-refractivity contribution in [1.29, 1.82) is 0 Å². The molecule has 0 saturated carbocycles. The highest BCUT2D eigenvalue weighted by atomic mass is 32.2. The zero-order valence-electron chi connectivity index (χ0n) is 17.4. The Balaban J connectivity index is 1.57. The smallest absolute Gasteiger partial charge is 0.237 e. The van der Waals surface area contributed by atoms with E-state index in [9.17, 15) is 13.2 Å². The number of hydrogen-bond donors (Lipinski definition) is 0. The van der Waals surface area contributed by atoms with Crippen molar-refractivity contribution in [2.45, 2.75) is 39.7 Å². The van der Waals surface area contributed by atoms with Gasteiger partial charge in [-0.15, -0.1) is 0 Å². The molecule has 156 valence electrons. The minimum Gasteiger partial charge on any atom is -0.369 e. The first-order valence-corrected chi connectivity index (χ1v) is 12.2. The van der Waals surface area contributed by atoms with Crippen molar-refractivity contribution in [3.05, 3.63) is 29.3 Å². The molecule has 0 unspecified atom stereocenters. The maximum atomic E-state index is 12.9. The van der Waals surface area contributed by atoms with E-state index in [1.165, 1.54) is 16.8 Å². The molecule has 1 aromatic carbocycles. The second-order valence-electron chi connectivity index (χ2n) is 8.13. The van der Waals surface area contributed by atoms with Crippen molar-refractivity contribution >= 4 is 21.4 Å². The fraction of sp³-hybridized carbons (Fsp3) is 0.667. The molecule has 1 aromatic rings. The van der Waals surface area contributed by atoms with Crippen LogP contribution in [-0.4, -0.2) is 80.9 Å². The number of aryl methyl sites for hydroxylation is 1. The lowest BCUT2D eigenvalue weighted by atomic mass is 10.1. The SMILES string of the molecule is CCCN(C(=O)CN1CCN(c2cccc(C)c2C)CC1)[C@@H]1CCS(=O)(=O)C1. The fourth-order valence-electron chi connectivity index (χ4n) is 4.28. The molecule has 0 bridgehead atoms. The van der Waals surface area contributed by atoms with Gasteiger partial charge in [0.25, 0.3) is 0 Å². The number of sulfone groups is 1. The van der Waals surface area contributed by atoms with Crippen molar-refractivity contribution < 1.29 is 13.2 Å². The van der Waals surface area contributed by atoms with Gasteiger partial charge in [-0.25, -0.2) is 8.42 Å². The number of anilines is 1. The number of carbonyl (C=O) groups is 1. The molecule has 28 heavy (non-hydrogen) atoms. The van der Waals surface area contributed by atoms with E-state index in [1.807, 2.05) is 11.8 Å². The average Bonchev–Trinajstić information content (AvgIpc) is 3.02. The maximum absolute atomic E-state index is 12.9. The quantitative estimate of drug-likeness (QED) is 0.720. The first-order valence-electron chi connectivity index (χ1n) is 10.3. The van der Waals surface area contributed by atoms with Crippen LogP contribution in [0, 0.1) is 13.8 Å². The molecular weight excluding hydrogens is 374 g/mol. The summed E-state index contributed by atoms with van der Waals surface area (Å²) in [6.07, 6.45) is 1.43. The second-order valence-corrected chi connectivity index (χ2v) is 10.4. The predicted octanol–water partition coefficient (Wildman–Crippen LogP) is 1.85. The third kappa shape index (κ3) is 4.87. The molecule has 0 aliphatic carbocycles. The highest BCUT2D eigenvalue weighted by Crippen LogP contribution is 2.24. The first-order chi connectivity index (χ1) is 13.3. The number of hydrogen-bond acceptors (Lipinski definition) is 5. The van der Waals surface area contributed by atoms with E-state index in [4.69, 9.17) is 0 Å². The van der Waals surface area contributed by atoms with Crippen LogP contribution >= 0.6 is 0 Å². The highest BCUT2D eigenvalue weighted by molar-refractivity contribution is 7.91. The van der Waals surface area contributed by atoms with E-state index < -0.39 is 9.84 Å². The van der Waals surface area contributed by atoms with Gasteiger partial charge in [-0.05, 0) is 43.9 Å². The molecule has 6 nitrogen and oxygen atoms in total. The van der Waals surface area contributed by atoms with Gasteiger partial charge in [0.1, 0.15) is 0 Å². The summed E-state index contributed by atoms with van der Waals surface area (Å²) in [6, 6.07) is 6.27. The zero-order chi connectivity index (χ0) is 20.3. The lowest BCUT2D eigenvalue weighted by molar-refractivity contribution is -0.134. The van der Waals surface area contributed by atoms with Crippen LogP contribution in [0.3, 0.4) is 0 Å². The maximum Gasteiger partial charge on any atom is 0.237 e. The monoisotopic (exact) mass is 407 g/mol. The summed E-state index contributed by atoms with van der Waals surface area (Å²) in [6.45, 7) is 10.9. The van der Waals surface area contributed by atoms with Crippen molar-refractivity contribution in [2.24, 2.45) is 0 Å². The highest BCUT2D eigenvalue weighted by Gasteiger charge is 2.34. The predicted molar refractivity (Wildman–Crippen MR) is 114 cm³/mol. The van der Waals surface area contributed by atoms with Crippen LogP contribution in [0.25, 0.3) is 0 Å². The summed E-state index contributed by atoms with van der Waals surface area (Å²) in [4.78, 5) is 19.4. The van der Waals surface area contributed by atoms with Gasteiger partial charge in [-0.2, -0.15) is 0 Å². The molecule has 2 fully saturated rings. The summed E-state index contributed by atoms with van der Waals surface area (Å²) in [5.41, 5.74) is 3.91. The normalized spacial score (nSPS) is 22.4. The molecule has 7 heteroatoms. The Labute approximate surface area is 169 Å². The number of rotatable bonds is 6. The van der Waals surface area contributed by atoms with Gasteiger partial charge in [0, 0.05) is 44.5 Å². The molecule has 0 spiro atoms. The van der Waals surface area contributed by atoms with Crippen molar-refractivity contribution in [2.75, 3.05) is 55.7 Å². The lowest BCUT2D eigenvalue weighted by Gasteiger charge is -2.38. The molecule has 2 aliphatic heterocycles. The topological polar surface area (TPSA) is 60.9 Å². The summed E-state index contributed by atoms with van der Waals surface area (Å²) < 4.78 is 23.7. The van der Waals surface area contributed by atoms with E-state index in [-0.39, 0.29) is 23.5 Å². The largest absolute Gasteiger partial charge is 0.369 e. The molecule has 1 atom stereocenters. The van der Waals surface area contributed by atoms with E-state index in [2.05, 4.69) is 41.8 Å². The third-order valence-corrected chi connectivity index (χ3v) is 7.83. The number of nitrogens with zero attached hydrogens (tertiary/aromatic N) is 3. The third-order valence-electron chi connectivity index (χ3n) is 6.08. The van der Waals surface area contributed by atoms with Crippen LogP contribution in [0.5, 0.6) is 0 Å². The summed E-state index contributed by atoms with van der Waals surface area (Å²) in [5, 5.41) is 0. The van der Waals surface area contributed by atoms with Gasteiger partial charge < -0.3 is 9.80 Å². The Kier molecular flexibility index (Phi) is 6.65. The zero-order valence-corrected chi connectivity index (χ0v) is 18.2. The van der Waals surface area contributed by atoms with Crippen LogP contribution in [0.15, 0.2) is 18.2 Å². The van der Waals surface area contributed by atoms with Crippen LogP contribution in [0.4, 0.5) is 5.69 Å². The Morgan fingerprint density at radius 3 is 2.50 bits per heavy atom. The van der Waals surface area contributed by atoms with Gasteiger partial charge in [0.05, 0.1) is 18.1 Å². The summed E-state index contributed by atoms with van der Waals surface area (Å²) in [7, 11) is -2.99. The van der Waals surface area contributed by atoms with Gasteiger partial charge >= 0.3 is 0 Å². The van der Waals surface area contributed by atoms with Gasteiger partial charge in [0.15, 0.2) is 9.84 Å². The number of amides is 1. The van der Waals surface area contributed by atoms with Crippen molar-refractivity contribution in [1.82, 2.24) is 9.80 Å². The second kappa shape index (κ2) is 8.82. The fourth-order valence-corrected chi connectivity index (χ4v) is 6.01. The van der Waals surface area contributed by atoms with Crippen molar-refractivity contribution in [3.8, 4) is 0 Å². The minimum absolute atomic E-state index is 0.0733. The van der Waals surface area contributed by atoms with Gasteiger partial charge in [-0.3, -0.25) is 9.69 Å². The number of benzene rings is 1. The van der Waals surface area contributed by atoms with Crippen LogP contribution < -0.4 is 4.90 Å². The molecule has 0 aromatic heterocycles. The Morgan fingerprint density at radius 2 is 1.89 bits per heavy atom. The average molecular weight is 408 g/mol. The Hall–Kier alpha value is -1.60. The van der Waals surface area contributed by atoms with E-state index >= 15 is 0 Å². The van der Waals surface area contributed by atoms with Crippen LogP contribution in [-0.2, 0) is 14.6 Å². The molecule has 1 amide bonds. The number of piperazine rings is 1. The Bertz CT molecular complexity index is 801. The van der Waals surface area contributed by atoms with Crippen molar-refractivity contribution in [3.63, 3.8) is 0 Å². The standard InChI is InChI=1S/C21H33N3O3S/c1-4-9-24(19-8-14-28(26,27)16-19)21(25)15-22-10-12-23(13-11-22)20-7-5-6-17(2)18(20)3/h5-7,19H,4,8-16H2,1-3H3/t19-/m1/s1. The summed E-state index contributed by atoms with van der Waals surface area (Å²) >= 11 is 0. The molecular formula is C21H33N3O3S. The van der Waals surface area contributed by atoms with E-state index in [0.29, 0.717) is 19.5 Å². The molecule has 2 heterocycles. The molecule has 2 saturated heterocycles. The van der Waals surface area contributed by atoms with E-state index in [1.54, 1.807) is 0 Å². The summed E-state index contributed by atoms with van der Waals surface area (Å²) in [5.74, 6) is 0.405. The molecule has 0 N–H and O–H groups in total. The minimum atomic E-state index is -2.99. The van der Waals surface area contributed by atoms with Gasteiger partial charge in [0.2, 0.25) is 5.91 Å². The van der Waals surface area contributed by atoms with Crippen LogP contribution in [0.2, 0.25) is 0 Å². The first kappa shape index (κ1) is 21.1. The molecule has 3 rings (SSSR count). The van der Waals surface area contributed by atoms with Crippen LogP contribution in [0.1, 0.15) is 30.9 Å². The Morgan fingerprint density at radius 1 is 1.18 bits per heavy atom. The molecule has 2 aliphatic rings. The molecule has 0 radical (unpaired) electrons. The van der Waals surface area contributed by atoms with E-state index in [0.717, 1.165) is 32.6 Å². The number of carbonyl (C=O) groups excluding carboxylic acids is 1. The lowest BCUT2D eigenvalue weighted by Crippen LogP contribution is -2.52.